The molecule has 37 heavy (non-hydrogen) atoms. The molecule has 0 amide bonds. The molecule has 2 unspecified atom stereocenters. The van der Waals surface area contributed by atoms with Gasteiger partial charge in [0.15, 0.2) is 11.5 Å². The fraction of sp³-hybridized carbons (Fsp3) is 0.423. The summed E-state index contributed by atoms with van der Waals surface area (Å²) in [5, 5.41) is 19.2. The molecule has 1 aliphatic rings. The lowest BCUT2D eigenvalue weighted by molar-refractivity contribution is -0.184. The first-order chi connectivity index (χ1) is 17.3. The lowest BCUT2D eigenvalue weighted by Gasteiger charge is -2.31. The van der Waals surface area contributed by atoms with Gasteiger partial charge in [0.25, 0.3) is 0 Å². The number of aliphatic hydroxyl groups is 1. The van der Waals surface area contributed by atoms with Gasteiger partial charge >= 0.3 is 6.18 Å². The molecule has 0 radical (unpaired) electrons. The highest BCUT2D eigenvalue weighted by molar-refractivity contribution is 5.86. The summed E-state index contributed by atoms with van der Waals surface area (Å²) in [6.07, 6.45) is -2.58. The van der Waals surface area contributed by atoms with Crippen LogP contribution in [0.1, 0.15) is 38.8 Å². The van der Waals surface area contributed by atoms with Crippen LogP contribution in [0.15, 0.2) is 48.7 Å². The normalized spacial score (nSPS) is 20.1. The first-order valence-corrected chi connectivity index (χ1v) is 12.0. The molecule has 1 fully saturated rings. The largest absolute Gasteiger partial charge is 0.488 e. The predicted molar refractivity (Wildman–Crippen MR) is 133 cm³/mol. The van der Waals surface area contributed by atoms with Gasteiger partial charge in [-0.25, -0.2) is 4.98 Å². The zero-order valence-electron chi connectivity index (χ0n) is 20.8. The van der Waals surface area contributed by atoms with Crippen LogP contribution < -0.4 is 10.5 Å². The Morgan fingerprint density at radius 3 is 2.59 bits per heavy atom. The minimum absolute atomic E-state index is 0.0619. The van der Waals surface area contributed by atoms with Crippen molar-refractivity contribution in [3.63, 3.8) is 0 Å². The van der Waals surface area contributed by atoms with Crippen molar-refractivity contribution in [2.45, 2.75) is 50.6 Å². The van der Waals surface area contributed by atoms with Gasteiger partial charge in [-0.2, -0.15) is 13.2 Å². The summed E-state index contributed by atoms with van der Waals surface area (Å²) in [6, 6.07) is 10.2. The van der Waals surface area contributed by atoms with E-state index in [4.69, 9.17) is 15.5 Å². The molecule has 8 nitrogen and oxygen atoms in total. The molecule has 0 aliphatic carbocycles. The van der Waals surface area contributed by atoms with E-state index >= 15 is 0 Å². The Balaban J connectivity index is 1.56. The molecule has 4 aromatic rings. The fourth-order valence-corrected chi connectivity index (χ4v) is 4.71. The summed E-state index contributed by atoms with van der Waals surface area (Å²) in [7, 11) is 0. The molecule has 5 rings (SSSR count). The van der Waals surface area contributed by atoms with E-state index in [0.29, 0.717) is 34.9 Å². The van der Waals surface area contributed by atoms with Gasteiger partial charge in [0.05, 0.1) is 5.60 Å². The van der Waals surface area contributed by atoms with Crippen LogP contribution >= 0.6 is 0 Å². The minimum Gasteiger partial charge on any atom is -0.488 e. The second kappa shape index (κ2) is 8.93. The third-order valence-electron chi connectivity index (χ3n) is 6.44. The lowest BCUT2D eigenvalue weighted by Crippen LogP contribution is -2.43. The predicted octanol–water partition coefficient (Wildman–Crippen LogP) is 4.12. The summed E-state index contributed by atoms with van der Waals surface area (Å²) in [5.74, 6) is 0.786. The van der Waals surface area contributed by atoms with Gasteiger partial charge in [-0.3, -0.25) is 9.30 Å². The topological polar surface area (TPSA) is 102 Å². The highest BCUT2D eigenvalue weighted by Gasteiger charge is 2.48. The fourth-order valence-electron chi connectivity index (χ4n) is 4.71. The highest BCUT2D eigenvalue weighted by Crippen LogP contribution is 2.41. The third-order valence-corrected chi connectivity index (χ3v) is 6.44. The number of hydrogen-bond donors (Lipinski definition) is 2. The number of aromatic nitrogens is 4. The Kier molecular flexibility index (Phi) is 6.12. The molecule has 196 valence electrons. The number of hydrogen-bond acceptors (Lipinski definition) is 7. The summed E-state index contributed by atoms with van der Waals surface area (Å²) < 4.78 is 50.1. The number of rotatable bonds is 6. The van der Waals surface area contributed by atoms with Crippen molar-refractivity contribution in [2.24, 2.45) is 5.73 Å². The molecule has 1 aliphatic heterocycles. The number of para-hydroxylation sites is 1. The number of benzene rings is 1. The molecular formula is C26H29F3N6O2. The number of fused-ring (bicyclic) bond motifs is 2. The molecule has 11 heteroatoms. The Morgan fingerprint density at radius 2 is 1.92 bits per heavy atom. The van der Waals surface area contributed by atoms with Gasteiger partial charge in [-0.05, 0) is 51.0 Å². The Morgan fingerprint density at radius 1 is 1.14 bits per heavy atom. The van der Waals surface area contributed by atoms with E-state index in [2.05, 4.69) is 10.2 Å². The number of alkyl halides is 3. The van der Waals surface area contributed by atoms with Gasteiger partial charge in [0.1, 0.15) is 29.6 Å². The number of likely N-dealkylation sites (tertiary alicyclic amines) is 1. The monoisotopic (exact) mass is 514 g/mol. The van der Waals surface area contributed by atoms with Crippen molar-refractivity contribution in [3.05, 3.63) is 54.2 Å². The summed E-state index contributed by atoms with van der Waals surface area (Å²) in [6.45, 7) is 5.51. The number of ether oxygens (including phenoxy) is 1. The van der Waals surface area contributed by atoms with Crippen LogP contribution in [-0.4, -0.2) is 66.6 Å². The Bertz CT molecular complexity index is 1440. The maximum Gasteiger partial charge on any atom is 0.408 e. The van der Waals surface area contributed by atoms with Crippen molar-refractivity contribution in [3.8, 4) is 17.3 Å². The molecule has 0 spiro atoms. The number of nitrogens with zero attached hydrogens (tertiary/aromatic N) is 5. The van der Waals surface area contributed by atoms with E-state index in [9.17, 15) is 18.3 Å². The van der Waals surface area contributed by atoms with Gasteiger partial charge in [-0.15, -0.1) is 10.2 Å². The standard InChI is InChI=1S/C26H29F3N6O2/c1-24(2,36)15-37-19-6-4-5-16-7-9-18(31-21(16)19)23-33-32-20-10-8-17(13-35(20)23)22(26(27,28)29)34-12-11-25(3,30)14-34/h4-10,13,22,36H,11-12,14-15,30H2,1-3H3. The average molecular weight is 515 g/mol. The van der Waals surface area contributed by atoms with E-state index < -0.39 is 23.4 Å². The average Bonchev–Trinajstić information content (AvgIpc) is 3.38. The van der Waals surface area contributed by atoms with E-state index in [-0.39, 0.29) is 25.3 Å². The number of pyridine rings is 2. The number of halogens is 3. The van der Waals surface area contributed by atoms with E-state index in [0.717, 1.165) is 5.39 Å². The molecule has 2 atom stereocenters. The Labute approximate surface area is 211 Å². The van der Waals surface area contributed by atoms with Crippen molar-refractivity contribution < 1.29 is 23.0 Å². The van der Waals surface area contributed by atoms with Crippen molar-refractivity contribution in [1.82, 2.24) is 24.5 Å². The van der Waals surface area contributed by atoms with Crippen molar-refractivity contribution >= 4 is 16.6 Å². The van der Waals surface area contributed by atoms with E-state index in [1.54, 1.807) is 32.9 Å². The van der Waals surface area contributed by atoms with Crippen LogP contribution in [0.3, 0.4) is 0 Å². The zero-order valence-corrected chi connectivity index (χ0v) is 20.8. The van der Waals surface area contributed by atoms with Crippen LogP contribution in [0.2, 0.25) is 0 Å². The van der Waals surface area contributed by atoms with Crippen LogP contribution in [0.25, 0.3) is 28.1 Å². The minimum atomic E-state index is -4.49. The van der Waals surface area contributed by atoms with Gasteiger partial charge in [0.2, 0.25) is 0 Å². The van der Waals surface area contributed by atoms with Gasteiger partial charge in [-0.1, -0.05) is 24.3 Å². The Hall–Kier alpha value is -3.28. The molecule has 1 saturated heterocycles. The molecule has 1 aromatic carbocycles. The molecule has 3 N–H and O–H groups in total. The van der Waals surface area contributed by atoms with E-state index in [1.807, 2.05) is 18.2 Å². The molecular weight excluding hydrogens is 485 g/mol. The maximum absolute atomic E-state index is 14.3. The third kappa shape index (κ3) is 5.25. The maximum atomic E-state index is 14.3. The molecule has 4 heterocycles. The van der Waals surface area contributed by atoms with Crippen molar-refractivity contribution in [2.75, 3.05) is 19.7 Å². The summed E-state index contributed by atoms with van der Waals surface area (Å²) in [5.41, 5.74) is 5.88. The van der Waals surface area contributed by atoms with Gasteiger partial charge in [0, 0.05) is 30.2 Å². The lowest BCUT2D eigenvalue weighted by atomic mass is 10.0. The van der Waals surface area contributed by atoms with Crippen LogP contribution in [0, 0.1) is 0 Å². The summed E-state index contributed by atoms with van der Waals surface area (Å²) in [4.78, 5) is 6.09. The highest BCUT2D eigenvalue weighted by atomic mass is 19.4. The van der Waals surface area contributed by atoms with Crippen LogP contribution in [-0.2, 0) is 0 Å². The first kappa shape index (κ1) is 25.4. The number of nitrogens with two attached hydrogens (primary N) is 1. The quantitative estimate of drug-likeness (QED) is 0.399. The summed E-state index contributed by atoms with van der Waals surface area (Å²) >= 11 is 0. The zero-order chi connectivity index (χ0) is 26.6. The van der Waals surface area contributed by atoms with Gasteiger partial charge < -0.3 is 15.6 Å². The smallest absolute Gasteiger partial charge is 0.408 e. The molecule has 3 aromatic heterocycles. The van der Waals surface area contributed by atoms with E-state index in [1.165, 1.54) is 27.6 Å². The van der Waals surface area contributed by atoms with Crippen LogP contribution in [0.5, 0.6) is 5.75 Å². The molecule has 0 bridgehead atoms. The molecule has 0 saturated carbocycles. The second-order valence-electron chi connectivity index (χ2n) is 10.7. The van der Waals surface area contributed by atoms with Crippen molar-refractivity contribution in [1.29, 1.82) is 0 Å². The first-order valence-electron chi connectivity index (χ1n) is 12.0. The second-order valence-corrected chi connectivity index (χ2v) is 10.7. The van der Waals surface area contributed by atoms with Crippen LogP contribution in [0.4, 0.5) is 13.2 Å². The SMILES string of the molecule is CC(C)(O)COc1cccc2ccc(-c3nnc4ccc(C(N5CCC(C)(N)C5)C(F)(F)F)cn34)nc12.